The molecule has 0 aliphatic carbocycles. The number of nitrogens with one attached hydrogen (secondary N) is 2. The molecule has 0 saturated carbocycles. The average molecular weight is 294 g/mol. The van der Waals surface area contributed by atoms with Crippen molar-refractivity contribution in [2.45, 2.75) is 0 Å². The fourth-order valence-electron chi connectivity index (χ4n) is 2.52. The van der Waals surface area contributed by atoms with E-state index in [1.165, 1.54) is 0 Å². The van der Waals surface area contributed by atoms with Crippen LogP contribution >= 0.6 is 0 Å². The molecule has 1 aliphatic rings. The van der Waals surface area contributed by atoms with E-state index in [1.807, 2.05) is 24.4 Å². The SMILES string of the molecule is O=C(Nc1ccc2c(c1)OCCO2)c1ccc2[nH]ccc2c1. The van der Waals surface area contributed by atoms with Gasteiger partial charge in [-0.2, -0.15) is 0 Å². The highest BCUT2D eigenvalue weighted by atomic mass is 16.6. The topological polar surface area (TPSA) is 63.4 Å². The number of anilines is 1. The van der Waals surface area contributed by atoms with Crippen molar-refractivity contribution in [3.63, 3.8) is 0 Å². The van der Waals surface area contributed by atoms with E-state index in [2.05, 4.69) is 10.3 Å². The van der Waals surface area contributed by atoms with Crippen molar-refractivity contribution >= 4 is 22.5 Å². The molecule has 2 N–H and O–H groups in total. The van der Waals surface area contributed by atoms with Crippen LogP contribution < -0.4 is 14.8 Å². The van der Waals surface area contributed by atoms with Gasteiger partial charge >= 0.3 is 0 Å². The number of carbonyl (C=O) groups excluding carboxylic acids is 1. The third-order valence-corrected chi connectivity index (χ3v) is 3.62. The van der Waals surface area contributed by atoms with Gasteiger partial charge in [0.25, 0.3) is 5.91 Å². The Labute approximate surface area is 126 Å². The predicted octanol–water partition coefficient (Wildman–Crippen LogP) is 3.19. The van der Waals surface area contributed by atoms with E-state index in [4.69, 9.17) is 9.47 Å². The number of amides is 1. The first-order valence-corrected chi connectivity index (χ1v) is 7.08. The van der Waals surface area contributed by atoms with Gasteiger partial charge < -0.3 is 19.8 Å². The minimum Gasteiger partial charge on any atom is -0.486 e. The molecule has 2 heterocycles. The second-order valence-electron chi connectivity index (χ2n) is 5.09. The van der Waals surface area contributed by atoms with Gasteiger partial charge in [-0.3, -0.25) is 4.79 Å². The summed E-state index contributed by atoms with van der Waals surface area (Å²) < 4.78 is 11.0. The molecule has 5 nitrogen and oxygen atoms in total. The highest BCUT2D eigenvalue weighted by Gasteiger charge is 2.13. The Morgan fingerprint density at radius 2 is 1.86 bits per heavy atom. The summed E-state index contributed by atoms with van der Waals surface area (Å²) in [6.07, 6.45) is 1.85. The van der Waals surface area contributed by atoms with Crippen molar-refractivity contribution < 1.29 is 14.3 Å². The summed E-state index contributed by atoms with van der Waals surface area (Å²) in [6, 6.07) is 12.9. The molecule has 2 aromatic carbocycles. The van der Waals surface area contributed by atoms with Crippen LogP contribution in [0.1, 0.15) is 10.4 Å². The maximum Gasteiger partial charge on any atom is 0.255 e. The van der Waals surface area contributed by atoms with E-state index in [9.17, 15) is 4.79 Å². The summed E-state index contributed by atoms with van der Waals surface area (Å²) in [5.41, 5.74) is 2.31. The first-order chi connectivity index (χ1) is 10.8. The molecule has 3 aromatic rings. The lowest BCUT2D eigenvalue weighted by atomic mass is 10.1. The summed E-state index contributed by atoms with van der Waals surface area (Å²) in [7, 11) is 0. The van der Waals surface area contributed by atoms with Crippen LogP contribution in [0.3, 0.4) is 0 Å². The Balaban J connectivity index is 1.58. The summed E-state index contributed by atoms with van der Waals surface area (Å²) in [4.78, 5) is 15.5. The molecule has 0 radical (unpaired) electrons. The van der Waals surface area contributed by atoms with E-state index in [1.54, 1.807) is 24.3 Å². The lowest BCUT2D eigenvalue weighted by molar-refractivity contribution is 0.102. The van der Waals surface area contributed by atoms with Crippen LogP contribution in [0.2, 0.25) is 0 Å². The quantitative estimate of drug-likeness (QED) is 0.763. The number of rotatable bonds is 2. The number of aromatic nitrogens is 1. The van der Waals surface area contributed by atoms with Crippen LogP contribution in [-0.4, -0.2) is 24.1 Å². The molecule has 0 fully saturated rings. The van der Waals surface area contributed by atoms with Crippen molar-refractivity contribution in [3.05, 3.63) is 54.2 Å². The van der Waals surface area contributed by atoms with Gasteiger partial charge in [-0.1, -0.05) is 0 Å². The molecule has 5 heteroatoms. The van der Waals surface area contributed by atoms with Gasteiger partial charge in [0.2, 0.25) is 0 Å². The van der Waals surface area contributed by atoms with Gasteiger partial charge in [0.15, 0.2) is 11.5 Å². The highest BCUT2D eigenvalue weighted by Crippen LogP contribution is 2.32. The Kier molecular flexibility index (Phi) is 2.96. The Morgan fingerprint density at radius 3 is 2.77 bits per heavy atom. The highest BCUT2D eigenvalue weighted by molar-refractivity contribution is 6.06. The lowest BCUT2D eigenvalue weighted by Gasteiger charge is -2.19. The Morgan fingerprint density at radius 1 is 1.00 bits per heavy atom. The standard InChI is InChI=1S/C17H14N2O3/c20-17(12-1-3-14-11(9-12)5-6-18-14)19-13-2-4-15-16(10-13)22-8-7-21-15/h1-6,9-10,18H,7-8H2,(H,19,20). The third kappa shape index (κ3) is 2.26. The minimum atomic E-state index is -0.153. The number of fused-ring (bicyclic) bond motifs is 2. The van der Waals surface area contributed by atoms with E-state index in [-0.39, 0.29) is 5.91 Å². The van der Waals surface area contributed by atoms with Crippen LogP contribution in [0, 0.1) is 0 Å². The molecular weight excluding hydrogens is 280 g/mol. The summed E-state index contributed by atoms with van der Waals surface area (Å²) in [5.74, 6) is 1.21. The number of ether oxygens (including phenoxy) is 2. The molecule has 0 atom stereocenters. The molecule has 0 saturated heterocycles. The molecule has 0 bridgehead atoms. The summed E-state index contributed by atoms with van der Waals surface area (Å²) >= 11 is 0. The number of carbonyl (C=O) groups is 1. The van der Waals surface area contributed by atoms with Gasteiger partial charge in [0.1, 0.15) is 13.2 Å². The Bertz CT molecular complexity index is 854. The molecule has 0 spiro atoms. The van der Waals surface area contributed by atoms with Gasteiger partial charge in [0, 0.05) is 34.4 Å². The molecule has 22 heavy (non-hydrogen) atoms. The van der Waals surface area contributed by atoms with E-state index in [0.29, 0.717) is 36.0 Å². The maximum absolute atomic E-state index is 12.4. The molecule has 110 valence electrons. The number of benzene rings is 2. The average Bonchev–Trinajstić information content (AvgIpc) is 3.02. The van der Waals surface area contributed by atoms with Crippen molar-refractivity contribution in [2.75, 3.05) is 18.5 Å². The van der Waals surface area contributed by atoms with E-state index >= 15 is 0 Å². The molecule has 1 aromatic heterocycles. The van der Waals surface area contributed by atoms with E-state index < -0.39 is 0 Å². The predicted molar refractivity (Wildman–Crippen MR) is 83.7 cm³/mol. The zero-order valence-electron chi connectivity index (χ0n) is 11.8. The van der Waals surface area contributed by atoms with Crippen molar-refractivity contribution in [1.29, 1.82) is 0 Å². The maximum atomic E-state index is 12.4. The van der Waals surface area contributed by atoms with Crippen molar-refractivity contribution in [3.8, 4) is 11.5 Å². The first kappa shape index (κ1) is 12.8. The van der Waals surface area contributed by atoms with Gasteiger partial charge in [0.05, 0.1) is 0 Å². The lowest BCUT2D eigenvalue weighted by Crippen LogP contribution is -2.16. The van der Waals surface area contributed by atoms with Crippen molar-refractivity contribution in [1.82, 2.24) is 4.98 Å². The molecule has 1 aliphatic heterocycles. The number of aromatic amines is 1. The second kappa shape index (κ2) is 5.11. The van der Waals surface area contributed by atoms with Gasteiger partial charge in [-0.05, 0) is 36.4 Å². The van der Waals surface area contributed by atoms with Crippen LogP contribution in [-0.2, 0) is 0 Å². The van der Waals surface area contributed by atoms with Crippen molar-refractivity contribution in [2.24, 2.45) is 0 Å². The second-order valence-corrected chi connectivity index (χ2v) is 5.09. The monoisotopic (exact) mass is 294 g/mol. The summed E-state index contributed by atoms with van der Waals surface area (Å²) in [6.45, 7) is 1.07. The fourth-order valence-corrected chi connectivity index (χ4v) is 2.52. The normalized spacial score (nSPS) is 13.1. The zero-order valence-corrected chi connectivity index (χ0v) is 11.8. The minimum absolute atomic E-state index is 0.153. The zero-order chi connectivity index (χ0) is 14.9. The number of H-pyrrole nitrogens is 1. The van der Waals surface area contributed by atoms with Gasteiger partial charge in [-0.15, -0.1) is 0 Å². The van der Waals surface area contributed by atoms with Crippen LogP contribution in [0.5, 0.6) is 11.5 Å². The Hall–Kier alpha value is -2.95. The van der Waals surface area contributed by atoms with Crippen LogP contribution in [0.25, 0.3) is 10.9 Å². The number of hydrogen-bond acceptors (Lipinski definition) is 3. The summed E-state index contributed by atoms with van der Waals surface area (Å²) in [5, 5.41) is 3.89. The fraction of sp³-hybridized carbons (Fsp3) is 0.118. The van der Waals surface area contributed by atoms with Crippen LogP contribution in [0.4, 0.5) is 5.69 Å². The molecule has 4 rings (SSSR count). The third-order valence-electron chi connectivity index (χ3n) is 3.62. The van der Waals surface area contributed by atoms with E-state index in [0.717, 1.165) is 10.9 Å². The van der Waals surface area contributed by atoms with Gasteiger partial charge in [-0.25, -0.2) is 0 Å². The molecule has 1 amide bonds. The first-order valence-electron chi connectivity index (χ1n) is 7.08. The molecular formula is C17H14N2O3. The largest absolute Gasteiger partial charge is 0.486 e. The molecule has 0 unspecified atom stereocenters. The smallest absolute Gasteiger partial charge is 0.255 e. The number of hydrogen-bond donors (Lipinski definition) is 2. The van der Waals surface area contributed by atoms with Crippen LogP contribution in [0.15, 0.2) is 48.7 Å².